The van der Waals surface area contributed by atoms with Gasteiger partial charge in [0.05, 0.1) is 5.57 Å². The van der Waals surface area contributed by atoms with Crippen LogP contribution in [0.3, 0.4) is 0 Å². The Kier molecular flexibility index (Phi) is 2.85. The number of benzene rings is 1. The number of amides is 1. The first-order valence-electron chi connectivity index (χ1n) is 4.13. The molecule has 0 bridgehead atoms. The van der Waals surface area contributed by atoms with Crippen LogP contribution in [0, 0.1) is 0 Å². The van der Waals surface area contributed by atoms with E-state index < -0.39 is 34.5 Å². The minimum Gasteiger partial charge on any atom is -0.504 e. The van der Waals surface area contributed by atoms with Crippen molar-refractivity contribution in [2.45, 2.75) is 0 Å². The predicted octanol–water partition coefficient (Wildman–Crippen LogP) is 0.0276. The second kappa shape index (κ2) is 3.93. The van der Waals surface area contributed by atoms with Crippen LogP contribution in [0.5, 0.6) is 17.2 Å². The molecule has 0 saturated carbocycles. The average molecular weight is 223 g/mol. The third-order valence-electron chi connectivity index (χ3n) is 1.90. The van der Waals surface area contributed by atoms with Crippen molar-refractivity contribution < 1.29 is 24.9 Å². The molecule has 0 radical (unpaired) electrons. The summed E-state index contributed by atoms with van der Waals surface area (Å²) in [4.78, 5) is 22.2. The molecule has 1 aromatic carbocycles. The van der Waals surface area contributed by atoms with E-state index >= 15 is 0 Å². The Hall–Kier alpha value is -2.50. The third-order valence-corrected chi connectivity index (χ3v) is 1.90. The number of phenols is 3. The lowest BCUT2D eigenvalue weighted by Gasteiger charge is -2.05. The van der Waals surface area contributed by atoms with Gasteiger partial charge in [-0.2, -0.15) is 0 Å². The molecule has 0 spiro atoms. The zero-order valence-electron chi connectivity index (χ0n) is 8.10. The van der Waals surface area contributed by atoms with Gasteiger partial charge in [0, 0.05) is 5.56 Å². The van der Waals surface area contributed by atoms with Gasteiger partial charge >= 0.3 is 0 Å². The Morgan fingerprint density at radius 1 is 1.12 bits per heavy atom. The molecule has 1 rings (SSSR count). The summed E-state index contributed by atoms with van der Waals surface area (Å²) in [5.41, 5.74) is 4.17. The Morgan fingerprint density at radius 2 is 1.56 bits per heavy atom. The smallest absolute Gasteiger partial charge is 0.252 e. The van der Waals surface area contributed by atoms with Gasteiger partial charge in [-0.05, 0) is 12.1 Å². The molecule has 1 aromatic rings. The summed E-state index contributed by atoms with van der Waals surface area (Å²) in [6.07, 6.45) is 0. The van der Waals surface area contributed by atoms with E-state index in [0.29, 0.717) is 0 Å². The van der Waals surface area contributed by atoms with Crippen molar-refractivity contribution in [2.24, 2.45) is 5.73 Å². The summed E-state index contributed by atoms with van der Waals surface area (Å²) in [5, 5.41) is 27.3. The molecule has 6 nitrogen and oxygen atoms in total. The molecule has 0 aromatic heterocycles. The third kappa shape index (κ3) is 1.95. The molecule has 16 heavy (non-hydrogen) atoms. The zero-order valence-corrected chi connectivity index (χ0v) is 8.10. The van der Waals surface area contributed by atoms with E-state index in [9.17, 15) is 9.59 Å². The highest BCUT2D eigenvalue weighted by Crippen LogP contribution is 2.35. The van der Waals surface area contributed by atoms with Gasteiger partial charge < -0.3 is 21.1 Å². The Labute approximate surface area is 90.2 Å². The molecule has 0 atom stereocenters. The standard InChI is InChI=1S/C10H9NO5/c1-4(10(11)16)8(14)5-2-6(12)9(15)7(13)3-5/h2-3,12-13,15H,1H2,(H2,11,16). The van der Waals surface area contributed by atoms with Crippen LogP contribution in [0.15, 0.2) is 24.3 Å². The first-order chi connectivity index (χ1) is 7.34. The summed E-state index contributed by atoms with van der Waals surface area (Å²) in [7, 11) is 0. The number of rotatable bonds is 3. The van der Waals surface area contributed by atoms with Crippen molar-refractivity contribution in [3.63, 3.8) is 0 Å². The lowest BCUT2D eigenvalue weighted by Crippen LogP contribution is -2.19. The van der Waals surface area contributed by atoms with Gasteiger partial charge in [-0.1, -0.05) is 6.58 Å². The van der Waals surface area contributed by atoms with Crippen LogP contribution in [0.2, 0.25) is 0 Å². The lowest BCUT2D eigenvalue weighted by atomic mass is 10.0. The van der Waals surface area contributed by atoms with Crippen LogP contribution in [0.25, 0.3) is 0 Å². The Morgan fingerprint density at radius 3 is 1.94 bits per heavy atom. The fourth-order valence-corrected chi connectivity index (χ4v) is 1.02. The van der Waals surface area contributed by atoms with Crippen LogP contribution in [0.1, 0.15) is 10.4 Å². The van der Waals surface area contributed by atoms with Crippen molar-refractivity contribution in [3.05, 3.63) is 29.8 Å². The largest absolute Gasteiger partial charge is 0.504 e. The molecule has 84 valence electrons. The molecule has 0 aliphatic heterocycles. The number of hydrogen-bond acceptors (Lipinski definition) is 5. The quantitative estimate of drug-likeness (QED) is 0.189. The topological polar surface area (TPSA) is 121 Å². The number of aromatic hydroxyl groups is 3. The fraction of sp³-hybridized carbons (Fsp3) is 0. The molecule has 0 fully saturated rings. The van der Waals surface area contributed by atoms with Crippen molar-refractivity contribution >= 4 is 11.7 Å². The zero-order chi connectivity index (χ0) is 12.5. The maximum atomic E-state index is 11.5. The van der Waals surface area contributed by atoms with Gasteiger partial charge in [0.15, 0.2) is 23.0 Å². The van der Waals surface area contributed by atoms with E-state index in [1.807, 2.05) is 0 Å². The molecule has 5 N–H and O–H groups in total. The number of carbonyl (C=O) groups is 2. The highest BCUT2D eigenvalue weighted by molar-refractivity contribution is 6.25. The molecule has 0 heterocycles. The number of primary amides is 1. The van der Waals surface area contributed by atoms with Gasteiger partial charge in [-0.15, -0.1) is 0 Å². The molecule has 1 amide bonds. The SMILES string of the molecule is C=C(C(N)=O)C(=O)c1cc(O)c(O)c(O)c1. The summed E-state index contributed by atoms with van der Waals surface area (Å²) < 4.78 is 0. The molecular formula is C10H9NO5. The highest BCUT2D eigenvalue weighted by atomic mass is 16.3. The Balaban J connectivity index is 3.21. The van der Waals surface area contributed by atoms with E-state index in [-0.39, 0.29) is 5.56 Å². The maximum Gasteiger partial charge on any atom is 0.252 e. The van der Waals surface area contributed by atoms with E-state index in [0.717, 1.165) is 12.1 Å². The van der Waals surface area contributed by atoms with Crippen molar-refractivity contribution in [3.8, 4) is 17.2 Å². The summed E-state index contributed by atoms with van der Waals surface area (Å²) in [5.74, 6) is -3.95. The van der Waals surface area contributed by atoms with Gasteiger partial charge in [-0.25, -0.2) is 0 Å². The Bertz CT molecular complexity index is 469. The second-order valence-electron chi connectivity index (χ2n) is 3.04. The number of phenolic OH excluding ortho intramolecular Hbond substituents is 3. The molecule has 0 aliphatic rings. The van der Waals surface area contributed by atoms with Crippen LogP contribution >= 0.6 is 0 Å². The molecule has 0 aliphatic carbocycles. The molecule has 0 unspecified atom stereocenters. The normalized spacial score (nSPS) is 9.75. The van der Waals surface area contributed by atoms with Crippen molar-refractivity contribution in [2.75, 3.05) is 0 Å². The predicted molar refractivity (Wildman–Crippen MR) is 54.1 cm³/mol. The van der Waals surface area contributed by atoms with Gasteiger partial charge in [0.25, 0.3) is 5.91 Å². The average Bonchev–Trinajstić information content (AvgIpc) is 2.22. The lowest BCUT2D eigenvalue weighted by molar-refractivity contribution is -0.114. The number of carbonyl (C=O) groups excluding carboxylic acids is 2. The van der Waals surface area contributed by atoms with E-state index in [1.54, 1.807) is 0 Å². The minimum absolute atomic E-state index is 0.198. The van der Waals surface area contributed by atoms with Gasteiger partial charge in [0.2, 0.25) is 0 Å². The number of nitrogens with two attached hydrogens (primary N) is 1. The molecule has 6 heteroatoms. The minimum atomic E-state index is -1.00. The maximum absolute atomic E-state index is 11.5. The monoisotopic (exact) mass is 223 g/mol. The molecular weight excluding hydrogens is 214 g/mol. The fourth-order valence-electron chi connectivity index (χ4n) is 1.02. The van der Waals surface area contributed by atoms with Crippen LogP contribution in [0.4, 0.5) is 0 Å². The van der Waals surface area contributed by atoms with Crippen LogP contribution < -0.4 is 5.73 Å². The second-order valence-corrected chi connectivity index (χ2v) is 3.04. The van der Waals surface area contributed by atoms with Crippen molar-refractivity contribution in [1.82, 2.24) is 0 Å². The summed E-state index contributed by atoms with van der Waals surface area (Å²) >= 11 is 0. The first-order valence-corrected chi connectivity index (χ1v) is 4.13. The van der Waals surface area contributed by atoms with E-state index in [1.165, 1.54) is 0 Å². The number of ketones is 1. The summed E-state index contributed by atoms with van der Waals surface area (Å²) in [6.45, 7) is 3.16. The summed E-state index contributed by atoms with van der Waals surface area (Å²) in [6, 6.07) is 1.79. The van der Waals surface area contributed by atoms with E-state index in [2.05, 4.69) is 6.58 Å². The molecule has 0 saturated heterocycles. The first kappa shape index (κ1) is 11.6. The van der Waals surface area contributed by atoms with Crippen LogP contribution in [-0.4, -0.2) is 27.0 Å². The highest BCUT2D eigenvalue weighted by Gasteiger charge is 2.18. The van der Waals surface area contributed by atoms with Crippen LogP contribution in [-0.2, 0) is 4.79 Å². The van der Waals surface area contributed by atoms with Crippen molar-refractivity contribution in [1.29, 1.82) is 0 Å². The number of Topliss-reactive ketones (excluding diaryl/α,β-unsaturated/α-hetero) is 1. The van der Waals surface area contributed by atoms with Gasteiger partial charge in [-0.3, -0.25) is 9.59 Å². The number of hydrogen-bond donors (Lipinski definition) is 4. The van der Waals surface area contributed by atoms with Gasteiger partial charge in [0.1, 0.15) is 0 Å². The van der Waals surface area contributed by atoms with E-state index in [4.69, 9.17) is 21.1 Å².